The van der Waals surface area contributed by atoms with Crippen molar-refractivity contribution in [3.8, 4) is 0 Å². The maximum Gasteiger partial charge on any atom is 0.228 e. The number of nitrogens with zero attached hydrogens (tertiary/aromatic N) is 1. The summed E-state index contributed by atoms with van der Waals surface area (Å²) in [6, 6.07) is 0. The number of carbonyl (C=O) groups excluding carboxylic acids is 3. The van der Waals surface area contributed by atoms with E-state index >= 15 is 0 Å². The minimum atomic E-state index is -0.246. The Hall–Kier alpha value is -1.19. The van der Waals surface area contributed by atoms with Crippen LogP contribution in [0.25, 0.3) is 0 Å². The zero-order chi connectivity index (χ0) is 12.7. The van der Waals surface area contributed by atoms with Gasteiger partial charge in [0.05, 0.1) is 0 Å². The van der Waals surface area contributed by atoms with Crippen molar-refractivity contribution in [2.24, 2.45) is 5.92 Å². The molecule has 0 aliphatic carbocycles. The lowest BCUT2D eigenvalue weighted by Crippen LogP contribution is -2.35. The van der Waals surface area contributed by atoms with E-state index in [4.69, 9.17) is 0 Å². The third-order valence-corrected chi connectivity index (χ3v) is 2.43. The first kappa shape index (κ1) is 14.8. The fraction of sp³-hybridized carbons (Fsp3) is 0.750. The maximum absolute atomic E-state index is 11.4. The van der Waals surface area contributed by atoms with E-state index in [2.05, 4.69) is 0 Å². The van der Waals surface area contributed by atoms with Crippen LogP contribution in [0.2, 0.25) is 0 Å². The van der Waals surface area contributed by atoms with Crippen LogP contribution in [0.4, 0.5) is 0 Å². The van der Waals surface area contributed by atoms with Crippen molar-refractivity contribution >= 4 is 17.6 Å². The quantitative estimate of drug-likeness (QED) is 0.695. The molecular weight excluding hydrogens is 206 g/mol. The fourth-order valence-corrected chi connectivity index (χ4v) is 1.35. The van der Waals surface area contributed by atoms with Gasteiger partial charge >= 0.3 is 0 Å². The first-order chi connectivity index (χ1) is 7.40. The molecule has 16 heavy (non-hydrogen) atoms. The van der Waals surface area contributed by atoms with Gasteiger partial charge in [0, 0.05) is 32.2 Å². The molecule has 4 nitrogen and oxygen atoms in total. The van der Waals surface area contributed by atoms with Gasteiger partial charge in [-0.15, -0.1) is 0 Å². The molecule has 0 rings (SSSR count). The molecule has 92 valence electrons. The summed E-state index contributed by atoms with van der Waals surface area (Å²) < 4.78 is 0. The van der Waals surface area contributed by atoms with Crippen molar-refractivity contribution in [3.63, 3.8) is 0 Å². The Bertz CT molecular complexity index is 271. The summed E-state index contributed by atoms with van der Waals surface area (Å²) in [5, 5.41) is 0. The van der Waals surface area contributed by atoms with E-state index in [0.717, 1.165) is 0 Å². The summed E-state index contributed by atoms with van der Waals surface area (Å²) in [6.45, 7) is 7.14. The Labute approximate surface area is 97.0 Å². The molecule has 0 heterocycles. The van der Waals surface area contributed by atoms with E-state index in [-0.39, 0.29) is 23.5 Å². The van der Waals surface area contributed by atoms with Gasteiger partial charge < -0.3 is 0 Å². The van der Waals surface area contributed by atoms with Crippen molar-refractivity contribution in [2.75, 3.05) is 6.54 Å². The lowest BCUT2D eigenvalue weighted by molar-refractivity contribution is -0.143. The van der Waals surface area contributed by atoms with Gasteiger partial charge in [0.1, 0.15) is 5.78 Å². The second kappa shape index (κ2) is 7.14. The van der Waals surface area contributed by atoms with Crippen LogP contribution in [-0.4, -0.2) is 29.0 Å². The van der Waals surface area contributed by atoms with Gasteiger partial charge in [-0.05, 0) is 6.42 Å². The summed E-state index contributed by atoms with van der Waals surface area (Å²) in [5.41, 5.74) is 0. The number of Topliss-reactive ketones (excluding diaryl/α,β-unsaturated/α-hetero) is 1. The van der Waals surface area contributed by atoms with Gasteiger partial charge in [0.15, 0.2) is 0 Å². The fourth-order valence-electron chi connectivity index (χ4n) is 1.35. The normalized spacial score (nSPS) is 10.3. The van der Waals surface area contributed by atoms with Crippen molar-refractivity contribution < 1.29 is 14.4 Å². The summed E-state index contributed by atoms with van der Waals surface area (Å²) in [7, 11) is 0. The first-order valence-electron chi connectivity index (χ1n) is 5.73. The minimum Gasteiger partial charge on any atom is -0.299 e. The van der Waals surface area contributed by atoms with Crippen molar-refractivity contribution in [3.05, 3.63) is 0 Å². The number of ketones is 1. The zero-order valence-corrected chi connectivity index (χ0v) is 10.6. The molecule has 0 atom stereocenters. The Morgan fingerprint density at radius 2 is 1.75 bits per heavy atom. The Kier molecular flexibility index (Phi) is 6.61. The van der Waals surface area contributed by atoms with Crippen molar-refractivity contribution in [1.82, 2.24) is 4.90 Å². The van der Waals surface area contributed by atoms with Crippen LogP contribution in [0.5, 0.6) is 0 Å². The summed E-state index contributed by atoms with van der Waals surface area (Å²) in [5.74, 6) is -0.228. The Balaban J connectivity index is 4.09. The second-order valence-electron chi connectivity index (χ2n) is 4.14. The van der Waals surface area contributed by atoms with Gasteiger partial charge in [-0.25, -0.2) is 0 Å². The molecule has 0 aromatic rings. The monoisotopic (exact) mass is 227 g/mol. The SMILES string of the molecule is CCC(=O)N(CCCC(=O)C(C)C)C(C)=O. The van der Waals surface area contributed by atoms with Crippen LogP contribution < -0.4 is 0 Å². The molecule has 0 bridgehead atoms. The lowest BCUT2D eigenvalue weighted by atomic mass is 10.0. The Morgan fingerprint density at radius 3 is 2.12 bits per heavy atom. The highest BCUT2D eigenvalue weighted by molar-refractivity contribution is 5.94. The van der Waals surface area contributed by atoms with Gasteiger partial charge in [-0.2, -0.15) is 0 Å². The predicted octanol–water partition coefficient (Wildman–Crippen LogP) is 1.78. The molecule has 0 radical (unpaired) electrons. The van der Waals surface area contributed by atoms with Gasteiger partial charge in [0.25, 0.3) is 0 Å². The summed E-state index contributed by atoms with van der Waals surface area (Å²) in [4.78, 5) is 35.1. The van der Waals surface area contributed by atoms with Crippen LogP contribution in [0.1, 0.15) is 47.0 Å². The van der Waals surface area contributed by atoms with Gasteiger partial charge in [0.2, 0.25) is 11.8 Å². The predicted molar refractivity (Wildman–Crippen MR) is 61.8 cm³/mol. The molecule has 0 unspecified atom stereocenters. The van der Waals surface area contributed by atoms with Crippen molar-refractivity contribution in [1.29, 1.82) is 0 Å². The van der Waals surface area contributed by atoms with Crippen LogP contribution >= 0.6 is 0 Å². The molecule has 0 N–H and O–H groups in total. The first-order valence-corrected chi connectivity index (χ1v) is 5.73. The second-order valence-corrected chi connectivity index (χ2v) is 4.14. The number of hydrogen-bond acceptors (Lipinski definition) is 3. The molecule has 0 spiro atoms. The van der Waals surface area contributed by atoms with Crippen LogP contribution in [-0.2, 0) is 14.4 Å². The number of imide groups is 1. The van der Waals surface area contributed by atoms with Gasteiger partial charge in [-0.1, -0.05) is 20.8 Å². The molecule has 0 fully saturated rings. The molecule has 4 heteroatoms. The number of carbonyl (C=O) groups is 3. The molecular formula is C12H21NO3. The van der Waals surface area contributed by atoms with Crippen LogP contribution in [0.15, 0.2) is 0 Å². The Morgan fingerprint density at radius 1 is 1.19 bits per heavy atom. The molecule has 0 aromatic carbocycles. The molecule has 0 saturated carbocycles. The van der Waals surface area contributed by atoms with E-state index in [1.54, 1.807) is 6.92 Å². The van der Waals surface area contributed by atoms with Gasteiger partial charge in [-0.3, -0.25) is 19.3 Å². The largest absolute Gasteiger partial charge is 0.299 e. The summed E-state index contributed by atoms with van der Waals surface area (Å²) >= 11 is 0. The van der Waals surface area contributed by atoms with Crippen LogP contribution in [0, 0.1) is 5.92 Å². The molecule has 0 aromatic heterocycles. The minimum absolute atomic E-state index is 0.0210. The van der Waals surface area contributed by atoms with E-state index < -0.39 is 0 Å². The third-order valence-electron chi connectivity index (χ3n) is 2.43. The smallest absolute Gasteiger partial charge is 0.228 e. The summed E-state index contributed by atoms with van der Waals surface area (Å²) in [6.07, 6.45) is 1.30. The van der Waals surface area contributed by atoms with Crippen molar-refractivity contribution in [2.45, 2.75) is 47.0 Å². The topological polar surface area (TPSA) is 54.5 Å². The zero-order valence-electron chi connectivity index (χ0n) is 10.6. The average molecular weight is 227 g/mol. The highest BCUT2D eigenvalue weighted by Crippen LogP contribution is 2.04. The molecule has 2 amide bonds. The standard InChI is InChI=1S/C12H21NO3/c1-5-12(16)13(10(4)14)8-6-7-11(15)9(2)3/h9H,5-8H2,1-4H3. The third kappa shape index (κ3) is 5.05. The van der Waals surface area contributed by atoms with E-state index in [9.17, 15) is 14.4 Å². The number of amides is 2. The highest BCUT2D eigenvalue weighted by Gasteiger charge is 2.16. The maximum atomic E-state index is 11.4. The molecule has 0 aliphatic heterocycles. The van der Waals surface area contributed by atoms with E-state index in [0.29, 0.717) is 25.8 Å². The van der Waals surface area contributed by atoms with E-state index in [1.807, 2.05) is 13.8 Å². The lowest BCUT2D eigenvalue weighted by Gasteiger charge is -2.18. The van der Waals surface area contributed by atoms with E-state index in [1.165, 1.54) is 11.8 Å². The average Bonchev–Trinajstić information content (AvgIpc) is 2.22. The molecule has 0 saturated heterocycles. The highest BCUT2D eigenvalue weighted by atomic mass is 16.2. The number of rotatable bonds is 6. The van der Waals surface area contributed by atoms with Crippen LogP contribution in [0.3, 0.4) is 0 Å². The molecule has 0 aliphatic rings. The number of hydrogen-bond donors (Lipinski definition) is 0.